The summed E-state index contributed by atoms with van der Waals surface area (Å²) in [5.74, 6) is -0.483. The first-order chi connectivity index (χ1) is 14.0. The molecule has 2 fully saturated rings. The van der Waals surface area contributed by atoms with E-state index in [2.05, 4.69) is 15.7 Å². The van der Waals surface area contributed by atoms with Gasteiger partial charge in [-0.2, -0.15) is 5.10 Å². The number of nitrogens with one attached hydrogen (secondary N) is 2. The van der Waals surface area contributed by atoms with Crippen molar-refractivity contribution in [2.24, 2.45) is 18.9 Å². The van der Waals surface area contributed by atoms with Gasteiger partial charge in [0.2, 0.25) is 11.8 Å². The van der Waals surface area contributed by atoms with Crippen LogP contribution in [0.2, 0.25) is 0 Å². The molecule has 0 aliphatic carbocycles. The van der Waals surface area contributed by atoms with E-state index in [1.165, 1.54) is 12.1 Å². The third-order valence-corrected chi connectivity index (χ3v) is 5.95. The molecule has 0 unspecified atom stereocenters. The zero-order valence-corrected chi connectivity index (χ0v) is 16.5. The van der Waals surface area contributed by atoms with E-state index in [9.17, 15) is 14.0 Å². The maximum Gasteiger partial charge on any atom is 0.227 e. The Hall–Kier alpha value is -2.74. The van der Waals surface area contributed by atoms with E-state index in [1.54, 1.807) is 16.8 Å². The molecule has 2 aliphatic heterocycles. The summed E-state index contributed by atoms with van der Waals surface area (Å²) in [7, 11) is 1.88. The van der Waals surface area contributed by atoms with E-state index in [4.69, 9.17) is 0 Å². The van der Waals surface area contributed by atoms with Gasteiger partial charge in [-0.05, 0) is 36.6 Å². The van der Waals surface area contributed by atoms with Crippen molar-refractivity contribution in [3.8, 4) is 0 Å². The Morgan fingerprint density at radius 1 is 1.24 bits per heavy atom. The molecule has 154 valence electrons. The molecule has 0 saturated carbocycles. The number of carbonyl (C=O) groups is 2. The number of piperidine rings is 1. The first-order valence-electron chi connectivity index (χ1n) is 10.1. The summed E-state index contributed by atoms with van der Waals surface area (Å²) >= 11 is 0. The van der Waals surface area contributed by atoms with E-state index in [-0.39, 0.29) is 35.4 Å². The Morgan fingerprint density at radius 2 is 2.03 bits per heavy atom. The minimum atomic E-state index is -0.378. The zero-order chi connectivity index (χ0) is 20.4. The summed E-state index contributed by atoms with van der Waals surface area (Å²) in [5.41, 5.74) is 1.55. The third-order valence-electron chi connectivity index (χ3n) is 5.95. The lowest BCUT2D eigenvalue weighted by atomic mass is 9.88. The number of benzene rings is 1. The Kier molecular flexibility index (Phi) is 5.62. The number of hydrogen-bond acceptors (Lipinski definition) is 4. The van der Waals surface area contributed by atoms with Crippen LogP contribution in [0.3, 0.4) is 0 Å². The van der Waals surface area contributed by atoms with Crippen molar-refractivity contribution < 1.29 is 14.0 Å². The van der Waals surface area contributed by atoms with Crippen molar-refractivity contribution >= 4 is 17.5 Å². The fraction of sp³-hybridized carbons (Fsp3) is 0.476. The Bertz CT molecular complexity index is 891. The smallest absolute Gasteiger partial charge is 0.227 e. The minimum Gasteiger partial charge on any atom is -0.342 e. The van der Waals surface area contributed by atoms with Crippen LogP contribution in [-0.2, 0) is 16.6 Å². The number of likely N-dealkylation sites (tertiary alicyclic amines) is 1. The van der Waals surface area contributed by atoms with Gasteiger partial charge in [0.05, 0.1) is 12.1 Å². The molecule has 3 heterocycles. The molecule has 8 heteroatoms. The highest BCUT2D eigenvalue weighted by molar-refractivity contribution is 5.92. The molecule has 2 atom stereocenters. The molecule has 4 rings (SSSR count). The van der Waals surface area contributed by atoms with Gasteiger partial charge in [-0.3, -0.25) is 14.3 Å². The highest BCUT2D eigenvalue weighted by Crippen LogP contribution is 2.31. The zero-order valence-electron chi connectivity index (χ0n) is 16.5. The number of halogens is 1. The number of aryl methyl sites for hydroxylation is 1. The molecule has 2 aromatic rings. The third kappa shape index (κ3) is 4.32. The van der Waals surface area contributed by atoms with Gasteiger partial charge in [0.1, 0.15) is 5.82 Å². The van der Waals surface area contributed by atoms with Crippen molar-refractivity contribution in [3.05, 3.63) is 48.0 Å². The van der Waals surface area contributed by atoms with Gasteiger partial charge in [0, 0.05) is 56.9 Å². The number of anilines is 1. The second kappa shape index (κ2) is 8.32. The van der Waals surface area contributed by atoms with Crippen molar-refractivity contribution in [2.75, 3.05) is 31.5 Å². The number of amides is 2. The quantitative estimate of drug-likeness (QED) is 0.821. The molecule has 0 bridgehead atoms. The van der Waals surface area contributed by atoms with Crippen LogP contribution in [0, 0.1) is 17.7 Å². The molecule has 2 aliphatic rings. The van der Waals surface area contributed by atoms with Crippen LogP contribution in [0.25, 0.3) is 0 Å². The predicted octanol–water partition coefficient (Wildman–Crippen LogP) is 1.74. The van der Waals surface area contributed by atoms with Crippen LogP contribution < -0.4 is 10.6 Å². The van der Waals surface area contributed by atoms with Crippen LogP contribution in [0.1, 0.15) is 24.3 Å². The summed E-state index contributed by atoms with van der Waals surface area (Å²) in [4.78, 5) is 27.5. The van der Waals surface area contributed by atoms with Gasteiger partial charge in [0.15, 0.2) is 0 Å². The normalized spacial score (nSPS) is 22.6. The monoisotopic (exact) mass is 399 g/mol. The van der Waals surface area contributed by atoms with E-state index in [0.29, 0.717) is 38.2 Å². The van der Waals surface area contributed by atoms with Crippen LogP contribution in [0.15, 0.2) is 36.7 Å². The molecule has 7 nitrogen and oxygen atoms in total. The molecule has 1 aromatic carbocycles. The summed E-state index contributed by atoms with van der Waals surface area (Å²) in [6.45, 7) is 2.57. The van der Waals surface area contributed by atoms with E-state index in [1.807, 2.05) is 24.3 Å². The lowest BCUT2D eigenvalue weighted by Crippen LogP contribution is -2.45. The highest BCUT2D eigenvalue weighted by Gasteiger charge is 2.38. The van der Waals surface area contributed by atoms with Crippen molar-refractivity contribution in [2.45, 2.75) is 18.8 Å². The number of aromatic nitrogens is 2. The number of carbonyl (C=O) groups excluding carboxylic acids is 2. The summed E-state index contributed by atoms with van der Waals surface area (Å²) in [6.07, 6.45) is 5.04. The summed E-state index contributed by atoms with van der Waals surface area (Å²) < 4.78 is 15.1. The maximum atomic E-state index is 13.3. The van der Waals surface area contributed by atoms with Crippen molar-refractivity contribution in [1.29, 1.82) is 0 Å². The Morgan fingerprint density at radius 3 is 2.72 bits per heavy atom. The first kappa shape index (κ1) is 19.6. The van der Waals surface area contributed by atoms with Crippen molar-refractivity contribution in [1.82, 2.24) is 20.0 Å². The van der Waals surface area contributed by atoms with Gasteiger partial charge in [0.25, 0.3) is 0 Å². The average molecular weight is 399 g/mol. The van der Waals surface area contributed by atoms with Gasteiger partial charge in [-0.15, -0.1) is 0 Å². The Balaban J connectivity index is 1.33. The summed E-state index contributed by atoms with van der Waals surface area (Å²) in [5, 5.41) is 10.3. The first-order valence-corrected chi connectivity index (χ1v) is 10.1. The lowest BCUT2D eigenvalue weighted by molar-refractivity contribution is -0.138. The van der Waals surface area contributed by atoms with Crippen LogP contribution in [-0.4, -0.2) is 52.7 Å². The average Bonchev–Trinajstić information content (AvgIpc) is 3.36. The van der Waals surface area contributed by atoms with E-state index < -0.39 is 0 Å². The number of hydrogen-bond donors (Lipinski definition) is 2. The molecular weight excluding hydrogens is 373 g/mol. The Labute approximate surface area is 169 Å². The standard InChI is InChI=1S/C21H26FN5O2/c1-26-13-15(10-24-26)18-11-23-12-19(18)21(29)27-7-5-14(6-8-27)20(28)25-17-4-2-3-16(22)9-17/h2-4,9-10,13-14,18-19,23H,5-8,11-12H2,1H3,(H,25,28)/t18-,19+/m1/s1. The molecule has 2 N–H and O–H groups in total. The van der Waals surface area contributed by atoms with E-state index in [0.717, 1.165) is 12.1 Å². The van der Waals surface area contributed by atoms with Gasteiger partial charge >= 0.3 is 0 Å². The molecule has 29 heavy (non-hydrogen) atoms. The van der Waals surface area contributed by atoms with Crippen LogP contribution in [0.4, 0.5) is 10.1 Å². The van der Waals surface area contributed by atoms with Gasteiger partial charge in [-0.25, -0.2) is 4.39 Å². The van der Waals surface area contributed by atoms with Gasteiger partial charge in [-0.1, -0.05) is 6.07 Å². The SMILES string of the molecule is Cn1cc([C@H]2CNC[C@@H]2C(=O)N2CCC(C(=O)Nc3cccc(F)c3)CC2)cn1. The fourth-order valence-corrected chi connectivity index (χ4v) is 4.33. The second-order valence-electron chi connectivity index (χ2n) is 7.92. The molecule has 0 radical (unpaired) electrons. The number of rotatable bonds is 4. The van der Waals surface area contributed by atoms with Crippen molar-refractivity contribution in [3.63, 3.8) is 0 Å². The summed E-state index contributed by atoms with van der Waals surface area (Å²) in [6, 6.07) is 5.89. The highest BCUT2D eigenvalue weighted by atomic mass is 19.1. The molecule has 1 aromatic heterocycles. The predicted molar refractivity (Wildman–Crippen MR) is 107 cm³/mol. The maximum absolute atomic E-state index is 13.3. The molecule has 2 amide bonds. The van der Waals surface area contributed by atoms with Crippen LogP contribution in [0.5, 0.6) is 0 Å². The fourth-order valence-electron chi connectivity index (χ4n) is 4.33. The van der Waals surface area contributed by atoms with Gasteiger partial charge < -0.3 is 15.5 Å². The molecule has 0 spiro atoms. The largest absolute Gasteiger partial charge is 0.342 e. The van der Waals surface area contributed by atoms with Crippen LogP contribution >= 0.6 is 0 Å². The number of nitrogens with zero attached hydrogens (tertiary/aromatic N) is 3. The minimum absolute atomic E-state index is 0.100. The lowest BCUT2D eigenvalue weighted by Gasteiger charge is -2.34. The second-order valence-corrected chi connectivity index (χ2v) is 7.92. The molecular formula is C21H26FN5O2. The van der Waals surface area contributed by atoms with E-state index >= 15 is 0 Å². The topological polar surface area (TPSA) is 79.3 Å². The molecule has 2 saturated heterocycles.